The molecule has 0 fully saturated rings. The first kappa shape index (κ1) is 16.7. The van der Waals surface area contributed by atoms with Gasteiger partial charge in [-0.05, 0) is 19.5 Å². The lowest BCUT2D eigenvalue weighted by molar-refractivity contribution is -0.115. The van der Waals surface area contributed by atoms with Gasteiger partial charge in [0.25, 0.3) is 5.91 Å². The molecule has 0 radical (unpaired) electrons. The van der Waals surface area contributed by atoms with E-state index in [1.807, 2.05) is 0 Å². The van der Waals surface area contributed by atoms with E-state index in [1.165, 1.54) is 22.5 Å². The molecule has 0 spiro atoms. The first-order chi connectivity index (χ1) is 11.6. The number of rotatable bonds is 5. The molecule has 0 saturated heterocycles. The molecule has 3 rings (SSSR count). The average Bonchev–Trinajstić information content (AvgIpc) is 3.17. The largest absolute Gasteiger partial charge is 0.469 e. The third-order valence-corrected chi connectivity index (χ3v) is 5.01. The molecule has 2 amide bonds. The van der Waals surface area contributed by atoms with Crippen LogP contribution in [0.25, 0.3) is 0 Å². The molecule has 0 saturated carbocycles. The van der Waals surface area contributed by atoms with Crippen molar-refractivity contribution in [1.29, 1.82) is 0 Å². The first-order valence-electron chi connectivity index (χ1n) is 7.90. The molecule has 2 aromatic rings. The topological polar surface area (TPSA) is 87.5 Å². The summed E-state index contributed by atoms with van der Waals surface area (Å²) in [6, 6.07) is 1.58. The third-order valence-electron chi connectivity index (χ3n) is 4.02. The Morgan fingerprint density at radius 3 is 3.00 bits per heavy atom. The predicted octanol–water partition coefficient (Wildman–Crippen LogP) is 1.79. The Morgan fingerprint density at radius 1 is 1.46 bits per heavy atom. The lowest BCUT2D eigenvalue weighted by atomic mass is 10.2. The Morgan fingerprint density at radius 2 is 2.29 bits per heavy atom. The quantitative estimate of drug-likeness (QED) is 0.860. The minimum Gasteiger partial charge on any atom is -0.469 e. The van der Waals surface area contributed by atoms with Crippen molar-refractivity contribution < 1.29 is 14.0 Å². The molecule has 7 nitrogen and oxygen atoms in total. The summed E-state index contributed by atoms with van der Waals surface area (Å²) in [4.78, 5) is 32.0. The van der Waals surface area contributed by atoms with Crippen LogP contribution in [-0.2, 0) is 17.8 Å². The number of aromatic nitrogens is 1. The Labute approximate surface area is 144 Å². The molecule has 0 bridgehead atoms. The zero-order chi connectivity index (χ0) is 17.1. The van der Waals surface area contributed by atoms with E-state index in [-0.39, 0.29) is 18.4 Å². The van der Waals surface area contributed by atoms with Crippen LogP contribution in [0.3, 0.4) is 0 Å². The smallest absolute Gasteiger partial charge is 0.255 e. The van der Waals surface area contributed by atoms with Gasteiger partial charge in [-0.3, -0.25) is 14.5 Å². The minimum absolute atomic E-state index is 0.102. The van der Waals surface area contributed by atoms with Gasteiger partial charge in [-0.25, -0.2) is 4.98 Å². The number of nitrogens with zero attached hydrogens (tertiary/aromatic N) is 2. The molecule has 3 heterocycles. The summed E-state index contributed by atoms with van der Waals surface area (Å²) >= 11 is 1.50. The molecule has 1 aliphatic rings. The molecule has 2 N–H and O–H groups in total. The number of fused-ring (bicyclic) bond motifs is 1. The average molecular weight is 348 g/mol. The van der Waals surface area contributed by atoms with Gasteiger partial charge in [0.1, 0.15) is 5.76 Å². The summed E-state index contributed by atoms with van der Waals surface area (Å²) in [6.45, 7) is 6.64. The maximum atomic E-state index is 12.0. The summed E-state index contributed by atoms with van der Waals surface area (Å²) in [5.74, 6) is -0.0858. The van der Waals surface area contributed by atoms with Crippen LogP contribution in [0, 0.1) is 6.92 Å². The highest BCUT2D eigenvalue weighted by Gasteiger charge is 2.20. The number of aryl methyl sites for hydroxylation is 1. The van der Waals surface area contributed by atoms with Crippen LogP contribution in [0.5, 0.6) is 0 Å². The van der Waals surface area contributed by atoms with Crippen LogP contribution in [0.1, 0.15) is 33.6 Å². The van der Waals surface area contributed by atoms with E-state index in [1.54, 1.807) is 13.0 Å². The van der Waals surface area contributed by atoms with Crippen molar-refractivity contribution in [3.05, 3.63) is 34.2 Å². The summed E-state index contributed by atoms with van der Waals surface area (Å²) in [7, 11) is 0. The maximum Gasteiger partial charge on any atom is 0.255 e. The van der Waals surface area contributed by atoms with Crippen molar-refractivity contribution in [3.63, 3.8) is 0 Å². The molecule has 0 atom stereocenters. The van der Waals surface area contributed by atoms with Crippen molar-refractivity contribution in [2.45, 2.75) is 26.8 Å². The third kappa shape index (κ3) is 3.65. The van der Waals surface area contributed by atoms with Crippen LogP contribution in [-0.4, -0.2) is 41.3 Å². The molecule has 0 aliphatic carbocycles. The second-order valence-corrected chi connectivity index (χ2v) is 6.71. The van der Waals surface area contributed by atoms with Gasteiger partial charge in [0, 0.05) is 24.4 Å². The monoisotopic (exact) mass is 348 g/mol. The van der Waals surface area contributed by atoms with Crippen molar-refractivity contribution in [1.82, 2.24) is 15.2 Å². The Hall–Kier alpha value is -2.19. The summed E-state index contributed by atoms with van der Waals surface area (Å²) < 4.78 is 5.08. The number of hydrogen-bond donors (Lipinski definition) is 2. The van der Waals surface area contributed by atoms with Gasteiger partial charge in [-0.15, -0.1) is 11.3 Å². The van der Waals surface area contributed by atoms with E-state index in [2.05, 4.69) is 27.4 Å². The highest BCUT2D eigenvalue weighted by atomic mass is 32.1. The normalized spacial score (nSPS) is 14.2. The predicted molar refractivity (Wildman–Crippen MR) is 91.2 cm³/mol. The maximum absolute atomic E-state index is 12.0. The van der Waals surface area contributed by atoms with E-state index < -0.39 is 0 Å². The number of carbonyl (C=O) groups excluding carboxylic acids is 2. The fourth-order valence-corrected chi connectivity index (χ4v) is 3.68. The van der Waals surface area contributed by atoms with Gasteiger partial charge in [0.2, 0.25) is 5.91 Å². The van der Waals surface area contributed by atoms with Gasteiger partial charge in [-0.1, -0.05) is 6.92 Å². The van der Waals surface area contributed by atoms with E-state index in [4.69, 9.17) is 4.42 Å². The molecule has 8 heteroatoms. The van der Waals surface area contributed by atoms with Gasteiger partial charge in [0.15, 0.2) is 5.13 Å². The number of thiazole rings is 1. The van der Waals surface area contributed by atoms with Crippen molar-refractivity contribution in [3.8, 4) is 0 Å². The number of hydrogen-bond acceptors (Lipinski definition) is 6. The fourth-order valence-electron chi connectivity index (χ4n) is 2.61. The first-order valence-corrected chi connectivity index (χ1v) is 8.71. The number of likely N-dealkylation sites (N-methyl/N-ethyl adjacent to an activating group) is 1. The fraction of sp³-hybridized carbons (Fsp3) is 0.438. The van der Waals surface area contributed by atoms with E-state index in [9.17, 15) is 9.59 Å². The molecule has 0 unspecified atom stereocenters. The van der Waals surface area contributed by atoms with Gasteiger partial charge in [0.05, 0.1) is 24.1 Å². The summed E-state index contributed by atoms with van der Waals surface area (Å²) in [6.07, 6.45) is 2.36. The molecule has 24 heavy (non-hydrogen) atoms. The molecular weight excluding hydrogens is 328 g/mol. The highest BCUT2D eigenvalue weighted by Crippen LogP contribution is 2.28. The van der Waals surface area contributed by atoms with Crippen molar-refractivity contribution >= 4 is 28.3 Å². The zero-order valence-electron chi connectivity index (χ0n) is 13.7. The van der Waals surface area contributed by atoms with E-state index in [0.717, 1.165) is 31.7 Å². The lowest BCUT2D eigenvalue weighted by Crippen LogP contribution is -2.32. The van der Waals surface area contributed by atoms with Gasteiger partial charge < -0.3 is 15.1 Å². The second-order valence-electron chi connectivity index (χ2n) is 5.63. The van der Waals surface area contributed by atoms with Crippen LogP contribution in [0.2, 0.25) is 0 Å². The van der Waals surface area contributed by atoms with Gasteiger partial charge >= 0.3 is 0 Å². The molecule has 2 aromatic heterocycles. The zero-order valence-corrected chi connectivity index (χ0v) is 14.5. The Balaban J connectivity index is 1.53. The number of anilines is 1. The minimum atomic E-state index is -0.326. The van der Waals surface area contributed by atoms with E-state index >= 15 is 0 Å². The van der Waals surface area contributed by atoms with Crippen molar-refractivity contribution in [2.24, 2.45) is 0 Å². The second kappa shape index (κ2) is 7.14. The number of carbonyl (C=O) groups is 2. The van der Waals surface area contributed by atoms with E-state index in [0.29, 0.717) is 16.5 Å². The lowest BCUT2D eigenvalue weighted by Gasteiger charge is -2.23. The standard InChI is InChI=1S/C16H20N4O3S/c1-3-20-6-4-12-13(9-20)24-16(18-12)19-14(21)8-17-15(22)11-5-7-23-10(11)2/h5,7H,3-4,6,8-9H2,1-2H3,(H,17,22)(H,18,19,21). The van der Waals surface area contributed by atoms with Crippen LogP contribution in [0.4, 0.5) is 5.13 Å². The molecule has 0 aromatic carbocycles. The molecule has 1 aliphatic heterocycles. The van der Waals surface area contributed by atoms with Crippen molar-refractivity contribution in [2.75, 3.05) is 25.0 Å². The number of furan rings is 1. The summed E-state index contributed by atoms with van der Waals surface area (Å²) in [5.41, 5.74) is 1.50. The molecular formula is C16H20N4O3S. The van der Waals surface area contributed by atoms with Crippen LogP contribution < -0.4 is 10.6 Å². The Bertz CT molecular complexity index is 752. The SMILES string of the molecule is CCN1CCc2nc(NC(=O)CNC(=O)c3ccoc3C)sc2C1. The summed E-state index contributed by atoms with van der Waals surface area (Å²) in [5, 5.41) is 5.93. The van der Waals surface area contributed by atoms with Gasteiger partial charge in [-0.2, -0.15) is 0 Å². The number of amides is 2. The van der Waals surface area contributed by atoms with Crippen LogP contribution in [0.15, 0.2) is 16.7 Å². The van der Waals surface area contributed by atoms with Crippen LogP contribution >= 0.6 is 11.3 Å². The number of nitrogens with one attached hydrogen (secondary N) is 2. The Kier molecular flexibility index (Phi) is 4.96. The highest BCUT2D eigenvalue weighted by molar-refractivity contribution is 7.15. The molecule has 128 valence electrons.